The van der Waals surface area contributed by atoms with E-state index in [4.69, 9.17) is 17.0 Å². The van der Waals surface area contributed by atoms with Gasteiger partial charge in [0, 0.05) is 25.2 Å². The lowest BCUT2D eigenvalue weighted by atomic mass is 9.43. The fraction of sp³-hybridized carbons (Fsp3) is 0.864. The number of fused-ring (bicyclic) bond motifs is 5. The molecule has 4 nitrogen and oxygen atoms in total. The molecule has 0 aliphatic heterocycles. The number of isothiocyanates is 1. The SMILES string of the molecule is CC(=O)O[C@H]1CC[C@H]2[C@@H]3CC[C@@]4(N=C=S)CC(=O)CC[C@]4(C)[C@H]3CC[C@]12C. The Kier molecular flexibility index (Phi) is 4.63. The van der Waals surface area contributed by atoms with Gasteiger partial charge < -0.3 is 4.74 Å². The molecule has 4 aliphatic carbocycles. The zero-order valence-corrected chi connectivity index (χ0v) is 17.6. The van der Waals surface area contributed by atoms with Crippen LogP contribution < -0.4 is 0 Å². The molecule has 0 aromatic rings. The molecule has 4 rings (SSSR count). The molecule has 0 unspecified atom stereocenters. The van der Waals surface area contributed by atoms with Gasteiger partial charge >= 0.3 is 5.97 Å². The lowest BCUT2D eigenvalue weighted by Gasteiger charge is -2.63. The number of hydrogen-bond acceptors (Lipinski definition) is 5. The fourth-order valence-electron chi connectivity index (χ4n) is 7.70. The van der Waals surface area contributed by atoms with Crippen molar-refractivity contribution >= 4 is 29.1 Å². The number of ketones is 1. The van der Waals surface area contributed by atoms with Gasteiger partial charge in [-0.1, -0.05) is 13.8 Å². The minimum atomic E-state index is -0.340. The maximum absolute atomic E-state index is 12.3. The summed E-state index contributed by atoms with van der Waals surface area (Å²) in [5.74, 6) is 1.98. The molecule has 0 amide bonds. The first kappa shape index (κ1) is 19.3. The highest BCUT2D eigenvalue weighted by Gasteiger charge is 2.65. The first-order chi connectivity index (χ1) is 12.8. The maximum Gasteiger partial charge on any atom is 0.302 e. The van der Waals surface area contributed by atoms with Gasteiger partial charge in [-0.2, -0.15) is 0 Å². The summed E-state index contributed by atoms with van der Waals surface area (Å²) in [5, 5.41) is 2.65. The number of carbonyl (C=O) groups excluding carboxylic acids is 2. The molecule has 0 radical (unpaired) electrons. The highest BCUT2D eigenvalue weighted by atomic mass is 32.1. The molecular weight excluding hydrogens is 358 g/mol. The first-order valence-electron chi connectivity index (χ1n) is 10.5. The number of carbonyl (C=O) groups is 2. The molecule has 0 aromatic carbocycles. The lowest BCUT2D eigenvalue weighted by molar-refractivity contribution is -0.163. The molecule has 0 N–H and O–H groups in total. The zero-order valence-electron chi connectivity index (χ0n) is 16.8. The average molecular weight is 390 g/mol. The summed E-state index contributed by atoms with van der Waals surface area (Å²) >= 11 is 5.00. The van der Waals surface area contributed by atoms with E-state index in [9.17, 15) is 9.59 Å². The Morgan fingerprint density at radius 2 is 1.93 bits per heavy atom. The minimum absolute atomic E-state index is 0.0243. The van der Waals surface area contributed by atoms with Crippen LogP contribution >= 0.6 is 12.2 Å². The number of aliphatic imine (C=N–C) groups is 1. The molecule has 27 heavy (non-hydrogen) atoms. The van der Waals surface area contributed by atoms with E-state index < -0.39 is 0 Å². The molecule has 0 aromatic heterocycles. The van der Waals surface area contributed by atoms with Crippen LogP contribution in [0.15, 0.2) is 4.99 Å². The van der Waals surface area contributed by atoms with Crippen molar-refractivity contribution in [2.75, 3.05) is 0 Å². The van der Waals surface area contributed by atoms with Crippen LogP contribution in [0.25, 0.3) is 0 Å². The molecule has 148 valence electrons. The van der Waals surface area contributed by atoms with E-state index in [1.165, 1.54) is 6.92 Å². The monoisotopic (exact) mass is 389 g/mol. The van der Waals surface area contributed by atoms with Gasteiger partial charge in [-0.15, -0.1) is 0 Å². The molecule has 4 saturated carbocycles. The van der Waals surface area contributed by atoms with Crippen LogP contribution in [-0.2, 0) is 14.3 Å². The van der Waals surface area contributed by atoms with Gasteiger partial charge in [0.1, 0.15) is 11.9 Å². The Morgan fingerprint density at radius 3 is 2.63 bits per heavy atom. The highest BCUT2D eigenvalue weighted by molar-refractivity contribution is 7.78. The van der Waals surface area contributed by atoms with Crippen molar-refractivity contribution in [3.05, 3.63) is 0 Å². The van der Waals surface area contributed by atoms with Gasteiger partial charge in [0.2, 0.25) is 0 Å². The third kappa shape index (κ3) is 2.68. The summed E-state index contributed by atoms with van der Waals surface area (Å²) in [6.07, 6.45) is 8.59. The third-order valence-electron chi connectivity index (χ3n) is 9.10. The van der Waals surface area contributed by atoms with Gasteiger partial charge in [-0.25, -0.2) is 4.99 Å². The summed E-state index contributed by atoms with van der Waals surface area (Å²) in [5.41, 5.74) is -0.218. The highest BCUT2D eigenvalue weighted by Crippen LogP contribution is 2.68. The number of rotatable bonds is 2. The molecule has 0 spiro atoms. The number of hydrogen-bond donors (Lipinski definition) is 0. The molecule has 0 bridgehead atoms. The van der Waals surface area contributed by atoms with Crippen molar-refractivity contribution in [1.82, 2.24) is 0 Å². The quantitative estimate of drug-likeness (QED) is 0.388. The first-order valence-corrected chi connectivity index (χ1v) is 10.9. The van der Waals surface area contributed by atoms with Gasteiger partial charge in [0.15, 0.2) is 0 Å². The number of ether oxygens (including phenoxy) is 1. The van der Waals surface area contributed by atoms with Crippen LogP contribution in [0.5, 0.6) is 0 Å². The Bertz CT molecular complexity index is 716. The summed E-state index contributed by atoms with van der Waals surface area (Å²) in [6, 6.07) is 0. The maximum atomic E-state index is 12.3. The molecule has 4 aliphatic rings. The Morgan fingerprint density at radius 1 is 1.15 bits per heavy atom. The summed E-state index contributed by atoms with van der Waals surface area (Å²) in [6.45, 7) is 6.24. The van der Waals surface area contributed by atoms with Gasteiger partial charge in [-0.3, -0.25) is 9.59 Å². The van der Waals surface area contributed by atoms with Crippen molar-refractivity contribution in [1.29, 1.82) is 0 Å². The topological polar surface area (TPSA) is 55.7 Å². The molecule has 7 atom stereocenters. The third-order valence-corrected chi connectivity index (χ3v) is 9.19. The number of nitrogens with zero attached hydrogens (tertiary/aromatic N) is 1. The van der Waals surface area contributed by atoms with Gasteiger partial charge in [0.25, 0.3) is 0 Å². The largest absolute Gasteiger partial charge is 0.462 e. The molecule has 0 heterocycles. The standard InChI is InChI=1S/C22H31NO3S/c1-14(24)26-19-5-4-17-16-7-11-22(23-13-27)12-15(25)6-10-21(22,3)18(16)8-9-20(17,19)2/h16-19H,4-12H2,1-3H3/t16-,17-,18-,19-,20-,21+,22+/m0/s1. The van der Waals surface area contributed by atoms with Crippen molar-refractivity contribution in [2.24, 2.45) is 33.6 Å². The Balaban J connectivity index is 1.67. The van der Waals surface area contributed by atoms with Gasteiger partial charge in [-0.05, 0) is 80.3 Å². The predicted molar refractivity (Wildman–Crippen MR) is 107 cm³/mol. The van der Waals surface area contributed by atoms with E-state index in [1.807, 2.05) is 0 Å². The van der Waals surface area contributed by atoms with E-state index in [1.54, 1.807) is 0 Å². The summed E-state index contributed by atoms with van der Waals surface area (Å²) in [4.78, 5) is 28.6. The van der Waals surface area contributed by atoms with E-state index in [0.717, 1.165) is 44.9 Å². The van der Waals surface area contributed by atoms with E-state index in [2.05, 4.69) is 24.0 Å². The van der Waals surface area contributed by atoms with Crippen LogP contribution in [0.1, 0.15) is 78.6 Å². The van der Waals surface area contributed by atoms with Crippen molar-refractivity contribution < 1.29 is 14.3 Å². The molecule has 0 saturated heterocycles. The lowest BCUT2D eigenvalue weighted by Crippen LogP contribution is -2.61. The Labute approximate surface area is 167 Å². The normalized spacial score (nSPS) is 48.6. The number of thiocarbonyl (C=S) groups is 1. The summed E-state index contributed by atoms with van der Waals surface area (Å²) in [7, 11) is 0. The zero-order chi connectivity index (χ0) is 19.4. The van der Waals surface area contributed by atoms with Crippen molar-refractivity contribution in [3.63, 3.8) is 0 Å². The van der Waals surface area contributed by atoms with E-state index >= 15 is 0 Å². The van der Waals surface area contributed by atoms with Crippen molar-refractivity contribution in [3.8, 4) is 0 Å². The second-order valence-corrected chi connectivity index (χ2v) is 10.2. The van der Waals surface area contributed by atoms with Crippen molar-refractivity contribution in [2.45, 2.75) is 90.2 Å². The number of Topliss-reactive ketones (excluding diaryl/α,β-unsaturated/α-hetero) is 1. The molecule has 5 heteroatoms. The van der Waals surface area contributed by atoms with E-state index in [-0.39, 0.29) is 28.4 Å². The fourth-order valence-corrected chi connectivity index (χ4v) is 7.87. The van der Waals surface area contributed by atoms with Crippen LogP contribution in [0.4, 0.5) is 0 Å². The van der Waals surface area contributed by atoms with Crippen LogP contribution in [0, 0.1) is 28.6 Å². The predicted octanol–water partition coefficient (Wildman–Crippen LogP) is 4.76. The van der Waals surface area contributed by atoms with E-state index in [0.29, 0.717) is 36.4 Å². The summed E-state index contributed by atoms with van der Waals surface area (Å²) < 4.78 is 5.74. The smallest absolute Gasteiger partial charge is 0.302 e. The number of esters is 1. The average Bonchev–Trinajstić information content (AvgIpc) is 2.92. The van der Waals surface area contributed by atoms with Crippen LogP contribution in [0.2, 0.25) is 0 Å². The van der Waals surface area contributed by atoms with Gasteiger partial charge in [0.05, 0.1) is 10.7 Å². The molecule has 4 fully saturated rings. The van der Waals surface area contributed by atoms with Crippen LogP contribution in [0.3, 0.4) is 0 Å². The van der Waals surface area contributed by atoms with Crippen LogP contribution in [-0.4, -0.2) is 28.6 Å². The molecular formula is C22H31NO3S. The Hall–Kier alpha value is -1.06. The second-order valence-electron chi connectivity index (χ2n) is 10.0. The minimum Gasteiger partial charge on any atom is -0.462 e. The second kappa shape index (κ2) is 6.49.